The van der Waals surface area contributed by atoms with Gasteiger partial charge in [0.05, 0.1) is 0 Å². The fraction of sp³-hybridized carbons (Fsp3) is 0.643. The molecular weight excluding hydrogens is 400 g/mol. The third-order valence-corrected chi connectivity index (χ3v) is 6.10. The molecule has 0 radical (unpaired) electrons. The second-order valence-corrected chi connectivity index (χ2v) is 9.09. The van der Waals surface area contributed by atoms with Gasteiger partial charge in [0.1, 0.15) is 11.3 Å². The first kappa shape index (κ1) is 26.2. The van der Waals surface area contributed by atoms with Gasteiger partial charge in [0.25, 0.3) is 0 Å². The van der Waals surface area contributed by atoms with Crippen LogP contribution in [0.25, 0.3) is 11.0 Å². The number of aryl methyl sites for hydroxylation is 1. The summed E-state index contributed by atoms with van der Waals surface area (Å²) < 4.78 is 10.7. The molecule has 32 heavy (non-hydrogen) atoms. The summed E-state index contributed by atoms with van der Waals surface area (Å²) in [7, 11) is 0. The molecule has 0 spiro atoms. The number of esters is 1. The molecule has 178 valence electrons. The molecule has 4 nitrogen and oxygen atoms in total. The van der Waals surface area contributed by atoms with Crippen molar-refractivity contribution in [1.29, 1.82) is 0 Å². The summed E-state index contributed by atoms with van der Waals surface area (Å²) in [6.07, 6.45) is 20.0. The minimum absolute atomic E-state index is 0.228. The summed E-state index contributed by atoms with van der Waals surface area (Å²) in [5.74, 6) is 0.198. The molecule has 0 atom stereocenters. The molecule has 0 saturated heterocycles. The highest BCUT2D eigenvalue weighted by Crippen LogP contribution is 2.21. The van der Waals surface area contributed by atoms with Crippen LogP contribution in [0.1, 0.15) is 115 Å². The Kier molecular flexibility index (Phi) is 12.8. The largest absolute Gasteiger partial charge is 0.426 e. The van der Waals surface area contributed by atoms with E-state index in [4.69, 9.17) is 9.15 Å². The lowest BCUT2D eigenvalue weighted by Gasteiger charge is -2.06. The topological polar surface area (TPSA) is 56.5 Å². The van der Waals surface area contributed by atoms with Crippen LogP contribution in [0.2, 0.25) is 0 Å². The van der Waals surface area contributed by atoms with E-state index in [9.17, 15) is 9.59 Å². The number of rotatable bonds is 17. The molecule has 1 aromatic carbocycles. The van der Waals surface area contributed by atoms with E-state index in [0.29, 0.717) is 23.3 Å². The van der Waals surface area contributed by atoms with Crippen molar-refractivity contribution in [1.82, 2.24) is 0 Å². The van der Waals surface area contributed by atoms with Gasteiger partial charge in [-0.2, -0.15) is 0 Å². The van der Waals surface area contributed by atoms with Crippen LogP contribution >= 0.6 is 0 Å². The summed E-state index contributed by atoms with van der Waals surface area (Å²) in [4.78, 5) is 23.7. The molecule has 0 aliphatic heterocycles. The second kappa shape index (κ2) is 15.7. The lowest BCUT2D eigenvalue weighted by molar-refractivity contribution is -0.134. The number of ether oxygens (including phenoxy) is 1. The zero-order valence-corrected chi connectivity index (χ0v) is 20.3. The maximum atomic E-state index is 12.1. The van der Waals surface area contributed by atoms with E-state index in [1.165, 1.54) is 83.5 Å². The van der Waals surface area contributed by atoms with Crippen LogP contribution < -0.4 is 10.4 Å². The standard InChI is InChI=1S/C28H42O4/c1-3-4-5-6-7-8-9-10-11-12-13-14-15-16-17-18-27(29)31-25-20-19-24-21-23(2)28(30)32-26(24)22-25/h19-22H,3-18H2,1-2H3. The predicted molar refractivity (Wildman–Crippen MR) is 132 cm³/mol. The van der Waals surface area contributed by atoms with E-state index >= 15 is 0 Å². The van der Waals surface area contributed by atoms with Gasteiger partial charge >= 0.3 is 11.6 Å². The molecular formula is C28H42O4. The van der Waals surface area contributed by atoms with Crippen molar-refractivity contribution in [2.75, 3.05) is 0 Å². The summed E-state index contributed by atoms with van der Waals surface area (Å²) in [5, 5.41) is 0.823. The highest BCUT2D eigenvalue weighted by molar-refractivity contribution is 5.80. The molecule has 0 bridgehead atoms. The minimum Gasteiger partial charge on any atom is -0.426 e. The molecule has 4 heteroatoms. The van der Waals surface area contributed by atoms with Crippen molar-refractivity contribution in [3.8, 4) is 5.75 Å². The Hall–Kier alpha value is -2.10. The second-order valence-electron chi connectivity index (χ2n) is 9.09. The zero-order valence-electron chi connectivity index (χ0n) is 20.3. The van der Waals surface area contributed by atoms with E-state index in [1.54, 1.807) is 25.1 Å². The molecule has 0 aliphatic carbocycles. The smallest absolute Gasteiger partial charge is 0.339 e. The van der Waals surface area contributed by atoms with Crippen LogP contribution in [0.5, 0.6) is 5.75 Å². The van der Waals surface area contributed by atoms with Gasteiger partial charge in [-0.15, -0.1) is 0 Å². The monoisotopic (exact) mass is 442 g/mol. The Morgan fingerprint density at radius 1 is 0.781 bits per heavy atom. The Labute approximate surface area is 193 Å². The van der Waals surface area contributed by atoms with Gasteiger partial charge in [0.2, 0.25) is 0 Å². The molecule has 1 heterocycles. The maximum absolute atomic E-state index is 12.1. The van der Waals surface area contributed by atoms with Gasteiger partial charge in [-0.25, -0.2) is 4.79 Å². The molecule has 0 N–H and O–H groups in total. The predicted octanol–water partition coefficient (Wildman–Crippen LogP) is 8.27. The number of hydrogen-bond donors (Lipinski definition) is 0. The van der Waals surface area contributed by atoms with Gasteiger partial charge in [0, 0.05) is 23.4 Å². The van der Waals surface area contributed by atoms with Crippen LogP contribution in [0, 0.1) is 6.92 Å². The highest BCUT2D eigenvalue weighted by Gasteiger charge is 2.08. The fourth-order valence-electron chi connectivity index (χ4n) is 4.08. The third-order valence-electron chi connectivity index (χ3n) is 6.10. The highest BCUT2D eigenvalue weighted by atomic mass is 16.5. The molecule has 2 rings (SSSR count). The van der Waals surface area contributed by atoms with E-state index in [-0.39, 0.29) is 11.6 Å². The van der Waals surface area contributed by atoms with Gasteiger partial charge in [-0.1, -0.05) is 96.8 Å². The molecule has 0 fully saturated rings. The maximum Gasteiger partial charge on any atom is 0.339 e. The average molecular weight is 443 g/mol. The Morgan fingerprint density at radius 2 is 1.31 bits per heavy atom. The number of benzene rings is 1. The van der Waals surface area contributed by atoms with E-state index in [2.05, 4.69) is 6.92 Å². The molecule has 0 saturated carbocycles. The number of unbranched alkanes of at least 4 members (excludes halogenated alkanes) is 14. The number of carbonyl (C=O) groups is 1. The quantitative estimate of drug-likeness (QED) is 0.107. The Bertz CT molecular complexity index is 852. The summed E-state index contributed by atoms with van der Waals surface area (Å²) in [6.45, 7) is 3.99. The van der Waals surface area contributed by atoms with Crippen LogP contribution in [-0.4, -0.2) is 5.97 Å². The van der Waals surface area contributed by atoms with E-state index < -0.39 is 0 Å². The minimum atomic E-state index is -0.362. The van der Waals surface area contributed by atoms with Crippen molar-refractivity contribution in [2.45, 2.75) is 117 Å². The summed E-state index contributed by atoms with van der Waals surface area (Å²) >= 11 is 0. The Balaban J connectivity index is 1.46. The summed E-state index contributed by atoms with van der Waals surface area (Å²) in [5.41, 5.74) is 0.645. The van der Waals surface area contributed by atoms with Crippen molar-refractivity contribution >= 4 is 16.9 Å². The first-order chi connectivity index (χ1) is 15.6. The van der Waals surface area contributed by atoms with E-state index in [0.717, 1.165) is 18.2 Å². The number of fused-ring (bicyclic) bond motifs is 1. The first-order valence-electron chi connectivity index (χ1n) is 12.9. The molecule has 0 unspecified atom stereocenters. The van der Waals surface area contributed by atoms with Crippen molar-refractivity contribution in [3.63, 3.8) is 0 Å². The Morgan fingerprint density at radius 3 is 1.88 bits per heavy atom. The zero-order chi connectivity index (χ0) is 23.0. The van der Waals surface area contributed by atoms with Gasteiger partial charge in [-0.05, 0) is 31.5 Å². The number of carbonyl (C=O) groups excluding carboxylic acids is 1. The van der Waals surface area contributed by atoms with Crippen LogP contribution in [-0.2, 0) is 4.79 Å². The average Bonchev–Trinajstić information content (AvgIpc) is 2.77. The van der Waals surface area contributed by atoms with E-state index in [1.807, 2.05) is 6.07 Å². The van der Waals surface area contributed by atoms with Crippen molar-refractivity contribution < 1.29 is 13.9 Å². The normalized spacial score (nSPS) is 11.2. The van der Waals surface area contributed by atoms with Gasteiger partial charge in [0.15, 0.2) is 0 Å². The lowest BCUT2D eigenvalue weighted by Crippen LogP contribution is -2.08. The SMILES string of the molecule is CCCCCCCCCCCCCCCCCC(=O)Oc1ccc2cc(C)c(=O)oc2c1. The van der Waals surface area contributed by atoms with Gasteiger partial charge in [-0.3, -0.25) is 4.79 Å². The fourth-order valence-corrected chi connectivity index (χ4v) is 4.08. The van der Waals surface area contributed by atoms with Crippen LogP contribution in [0.3, 0.4) is 0 Å². The third kappa shape index (κ3) is 10.5. The molecule has 2 aromatic rings. The van der Waals surface area contributed by atoms with Crippen LogP contribution in [0.4, 0.5) is 0 Å². The van der Waals surface area contributed by atoms with Crippen LogP contribution in [0.15, 0.2) is 33.5 Å². The van der Waals surface area contributed by atoms with Gasteiger partial charge < -0.3 is 9.15 Å². The first-order valence-corrected chi connectivity index (χ1v) is 12.9. The molecule has 0 aliphatic rings. The molecule has 1 aromatic heterocycles. The van der Waals surface area contributed by atoms with Crippen molar-refractivity contribution in [3.05, 3.63) is 40.2 Å². The lowest BCUT2D eigenvalue weighted by atomic mass is 10.0. The summed E-state index contributed by atoms with van der Waals surface area (Å²) in [6, 6.07) is 6.94. The number of hydrogen-bond acceptors (Lipinski definition) is 4. The van der Waals surface area contributed by atoms with Crippen molar-refractivity contribution in [2.24, 2.45) is 0 Å². The molecule has 0 amide bonds.